The number of ketones is 2. The van der Waals surface area contributed by atoms with Crippen molar-refractivity contribution in [3.8, 4) is 17.2 Å². The number of Topliss-reactive ketones (excluding diaryl/α,β-unsaturated/α-hetero) is 2. The monoisotopic (exact) mass is 496 g/mol. The molecule has 2 aromatic carbocycles. The highest BCUT2D eigenvalue weighted by Crippen LogP contribution is 2.36. The number of ether oxygens (including phenoxy) is 2. The molecule has 0 heterocycles. The van der Waals surface area contributed by atoms with Gasteiger partial charge in [0.2, 0.25) is 0 Å². The second-order valence-electron chi connectivity index (χ2n) is 7.35. The number of benzene rings is 2. The van der Waals surface area contributed by atoms with Gasteiger partial charge in [-0.2, -0.15) is 0 Å². The van der Waals surface area contributed by atoms with Gasteiger partial charge in [0.15, 0.2) is 11.6 Å². The first kappa shape index (κ1) is 26.5. The highest BCUT2D eigenvalue weighted by atomic mass is 35.5. The highest BCUT2D eigenvalue weighted by Gasteiger charge is 2.18. The number of carboxylic acids is 1. The van der Waals surface area contributed by atoms with Crippen LogP contribution in [-0.4, -0.2) is 41.0 Å². The second-order valence-corrected chi connectivity index (χ2v) is 8.11. The fourth-order valence-electron chi connectivity index (χ4n) is 3.17. The molecule has 9 heteroatoms. The van der Waals surface area contributed by atoms with Crippen LogP contribution < -0.4 is 9.47 Å². The van der Waals surface area contributed by atoms with Crippen molar-refractivity contribution < 1.29 is 34.1 Å². The molecular formula is C24H26Cl2O7. The lowest BCUT2D eigenvalue weighted by Gasteiger charge is -2.15. The molecule has 2 N–H and O–H groups in total. The van der Waals surface area contributed by atoms with Crippen LogP contribution in [0.15, 0.2) is 24.3 Å². The van der Waals surface area contributed by atoms with E-state index in [1.54, 1.807) is 12.1 Å². The molecule has 0 saturated heterocycles. The zero-order chi connectivity index (χ0) is 24.5. The molecule has 0 spiro atoms. The van der Waals surface area contributed by atoms with Crippen LogP contribution in [0.5, 0.6) is 17.2 Å². The van der Waals surface area contributed by atoms with Gasteiger partial charge in [0.25, 0.3) is 0 Å². The molecule has 178 valence electrons. The smallest absolute Gasteiger partial charge is 0.303 e. The predicted octanol–water partition coefficient (Wildman–Crippen LogP) is 5.75. The second kappa shape index (κ2) is 12.5. The first-order chi connectivity index (χ1) is 15.7. The normalized spacial score (nSPS) is 10.7. The molecule has 2 rings (SSSR count). The lowest BCUT2D eigenvalue weighted by atomic mass is 10.0. The maximum atomic E-state index is 12.1. The fourth-order valence-corrected chi connectivity index (χ4v) is 3.65. The van der Waals surface area contributed by atoms with Gasteiger partial charge < -0.3 is 19.7 Å². The summed E-state index contributed by atoms with van der Waals surface area (Å²) in [5.41, 5.74) is 1.02. The summed E-state index contributed by atoms with van der Waals surface area (Å²) < 4.78 is 11.4. The summed E-state index contributed by atoms with van der Waals surface area (Å²) in [5, 5.41) is 19.2. The van der Waals surface area contributed by atoms with E-state index >= 15 is 0 Å². The first-order valence-corrected chi connectivity index (χ1v) is 11.3. The molecule has 0 radical (unpaired) electrons. The van der Waals surface area contributed by atoms with Crippen molar-refractivity contribution in [2.45, 2.75) is 46.0 Å². The number of carboxylic acid groups (broad SMARTS) is 1. The summed E-state index contributed by atoms with van der Waals surface area (Å²) in [6.07, 6.45) is 1.38. The molecule has 0 aliphatic heterocycles. The zero-order valence-corrected chi connectivity index (χ0v) is 20.0. The lowest BCUT2D eigenvalue weighted by molar-refractivity contribution is -0.136. The summed E-state index contributed by atoms with van der Waals surface area (Å²) in [5.74, 6) is -0.922. The van der Waals surface area contributed by atoms with Crippen LogP contribution >= 0.6 is 23.2 Å². The molecular weight excluding hydrogens is 471 g/mol. The minimum absolute atomic E-state index is 0.0195. The minimum atomic E-state index is -1.07. The van der Waals surface area contributed by atoms with Gasteiger partial charge >= 0.3 is 5.97 Å². The van der Waals surface area contributed by atoms with E-state index in [2.05, 4.69) is 0 Å². The molecule has 7 nitrogen and oxygen atoms in total. The third-order valence-corrected chi connectivity index (χ3v) is 5.70. The number of hydrogen-bond donors (Lipinski definition) is 2. The Kier molecular flexibility index (Phi) is 10.0. The van der Waals surface area contributed by atoms with Gasteiger partial charge in [-0.3, -0.25) is 14.4 Å². The van der Waals surface area contributed by atoms with Crippen molar-refractivity contribution in [2.24, 2.45) is 0 Å². The van der Waals surface area contributed by atoms with Crippen molar-refractivity contribution >= 4 is 40.7 Å². The van der Waals surface area contributed by atoms with E-state index in [-0.39, 0.29) is 52.2 Å². The molecule has 33 heavy (non-hydrogen) atoms. The number of rotatable bonds is 13. The van der Waals surface area contributed by atoms with Crippen LogP contribution in [0, 0.1) is 0 Å². The van der Waals surface area contributed by atoms with Crippen molar-refractivity contribution in [3.63, 3.8) is 0 Å². The van der Waals surface area contributed by atoms with E-state index < -0.39 is 11.8 Å². The van der Waals surface area contributed by atoms with Crippen LogP contribution in [0.3, 0.4) is 0 Å². The molecule has 0 saturated carbocycles. The molecule has 0 aliphatic rings. The Hall–Kier alpha value is -2.77. The molecule has 0 amide bonds. The molecule has 2 aromatic rings. The Labute approximate surface area is 202 Å². The Morgan fingerprint density at radius 1 is 0.909 bits per heavy atom. The molecule has 0 aromatic heterocycles. The lowest BCUT2D eigenvalue weighted by Crippen LogP contribution is -2.08. The SMILES string of the molecule is CCCc1c(OCCCOc2ccc(C(=O)CCC(=O)O)c(Cl)c2Cl)ccc(C(C)=O)c1O. The number of phenols is 1. The van der Waals surface area contributed by atoms with E-state index in [1.165, 1.54) is 19.1 Å². The highest BCUT2D eigenvalue weighted by molar-refractivity contribution is 6.44. The van der Waals surface area contributed by atoms with Crippen molar-refractivity contribution in [1.29, 1.82) is 0 Å². The summed E-state index contributed by atoms with van der Waals surface area (Å²) in [4.78, 5) is 34.4. The Morgan fingerprint density at radius 3 is 2.12 bits per heavy atom. The van der Waals surface area contributed by atoms with Gasteiger partial charge in [-0.15, -0.1) is 0 Å². The molecule has 0 aliphatic carbocycles. The minimum Gasteiger partial charge on any atom is -0.507 e. The third-order valence-electron chi connectivity index (χ3n) is 4.84. The Morgan fingerprint density at radius 2 is 1.52 bits per heavy atom. The van der Waals surface area contributed by atoms with Crippen LogP contribution in [0.2, 0.25) is 10.0 Å². The Balaban J connectivity index is 1.95. The number of aliphatic carboxylic acids is 1. The molecule has 0 bridgehead atoms. The maximum Gasteiger partial charge on any atom is 0.303 e. The van der Waals surface area contributed by atoms with Crippen LogP contribution in [-0.2, 0) is 11.2 Å². The van der Waals surface area contributed by atoms with Gasteiger partial charge in [-0.05, 0) is 37.6 Å². The topological polar surface area (TPSA) is 110 Å². The van der Waals surface area contributed by atoms with E-state index in [4.69, 9.17) is 37.8 Å². The summed E-state index contributed by atoms with van der Waals surface area (Å²) in [6, 6.07) is 6.20. The standard InChI is InChI=1S/C24H26Cl2O7/c1-3-5-17-19(9-6-15(14(2)27)24(17)31)32-12-4-13-33-20-10-7-16(22(25)23(20)26)18(28)8-11-21(29)30/h6-7,9-10,31H,3-5,8,11-13H2,1-2H3,(H,29,30). The van der Waals surface area contributed by atoms with E-state index in [1.807, 2.05) is 6.92 Å². The number of halogens is 2. The third kappa shape index (κ3) is 7.11. The predicted molar refractivity (Wildman–Crippen MR) is 125 cm³/mol. The van der Waals surface area contributed by atoms with Crippen molar-refractivity contribution in [1.82, 2.24) is 0 Å². The number of hydrogen-bond acceptors (Lipinski definition) is 6. The Bertz CT molecular complexity index is 1030. The molecule has 0 unspecified atom stereocenters. The van der Waals surface area contributed by atoms with Crippen molar-refractivity contribution in [3.05, 3.63) is 51.0 Å². The number of carbonyl (C=O) groups is 3. The van der Waals surface area contributed by atoms with Gasteiger partial charge in [0.05, 0.1) is 30.2 Å². The number of carbonyl (C=O) groups excluding carboxylic acids is 2. The van der Waals surface area contributed by atoms with E-state index in [0.29, 0.717) is 36.5 Å². The van der Waals surface area contributed by atoms with Crippen molar-refractivity contribution in [2.75, 3.05) is 13.2 Å². The van der Waals surface area contributed by atoms with Crippen LogP contribution in [0.25, 0.3) is 0 Å². The first-order valence-electron chi connectivity index (χ1n) is 10.5. The fraction of sp³-hybridized carbons (Fsp3) is 0.375. The number of aromatic hydroxyl groups is 1. The maximum absolute atomic E-state index is 12.1. The average molecular weight is 497 g/mol. The van der Waals surface area contributed by atoms with Gasteiger partial charge in [0.1, 0.15) is 22.3 Å². The molecule has 0 atom stereocenters. The summed E-state index contributed by atoms with van der Waals surface area (Å²) in [6.45, 7) is 3.92. The largest absolute Gasteiger partial charge is 0.507 e. The number of phenolic OH excluding ortho intramolecular Hbond substituents is 1. The van der Waals surface area contributed by atoms with Gasteiger partial charge in [-0.25, -0.2) is 0 Å². The van der Waals surface area contributed by atoms with Gasteiger partial charge in [-0.1, -0.05) is 36.5 Å². The summed E-state index contributed by atoms with van der Waals surface area (Å²) in [7, 11) is 0. The summed E-state index contributed by atoms with van der Waals surface area (Å²) >= 11 is 12.4. The molecule has 0 fully saturated rings. The van der Waals surface area contributed by atoms with E-state index in [0.717, 1.165) is 6.42 Å². The zero-order valence-electron chi connectivity index (χ0n) is 18.5. The quantitative estimate of drug-likeness (QED) is 0.268. The average Bonchev–Trinajstić information content (AvgIpc) is 2.76. The van der Waals surface area contributed by atoms with Gasteiger partial charge in [0, 0.05) is 24.0 Å². The van der Waals surface area contributed by atoms with Crippen LogP contribution in [0.1, 0.15) is 65.8 Å². The van der Waals surface area contributed by atoms with E-state index in [9.17, 15) is 19.5 Å². The van der Waals surface area contributed by atoms with Crippen LogP contribution in [0.4, 0.5) is 0 Å².